The molecule has 0 saturated carbocycles. The molecule has 18 heavy (non-hydrogen) atoms. The summed E-state index contributed by atoms with van der Waals surface area (Å²) in [5, 5.41) is 2.06. The molecule has 0 fully saturated rings. The van der Waals surface area contributed by atoms with Crippen LogP contribution in [0.4, 0.5) is 0 Å². The average molecular weight is 261 g/mol. The Hall–Kier alpha value is -1.32. The molecule has 2 N–H and O–H groups in total. The highest BCUT2D eigenvalue weighted by atomic mass is 32.1. The van der Waals surface area contributed by atoms with Crippen LogP contribution in [-0.4, -0.2) is 6.04 Å². The van der Waals surface area contributed by atoms with Crippen molar-refractivity contribution in [3.63, 3.8) is 0 Å². The Bertz CT molecular complexity index is 481. The standard InChI is InChI=1S/C15H19NOS/c1-3-13(16)15(14-8-5-9-18-14)17-12-7-4-6-11(2)10-12/h4-10,13,15H,3,16H2,1-2H3. The normalized spacial score (nSPS) is 14.2. The van der Waals surface area contributed by atoms with Crippen molar-refractivity contribution in [2.24, 2.45) is 5.73 Å². The zero-order valence-corrected chi connectivity index (χ0v) is 11.6. The molecule has 0 spiro atoms. The van der Waals surface area contributed by atoms with Gasteiger partial charge in [-0.3, -0.25) is 0 Å². The summed E-state index contributed by atoms with van der Waals surface area (Å²) in [5.41, 5.74) is 7.37. The molecule has 1 aromatic heterocycles. The van der Waals surface area contributed by atoms with Crippen molar-refractivity contribution in [1.82, 2.24) is 0 Å². The van der Waals surface area contributed by atoms with Gasteiger partial charge >= 0.3 is 0 Å². The van der Waals surface area contributed by atoms with Crippen LogP contribution >= 0.6 is 11.3 Å². The molecule has 0 radical (unpaired) electrons. The summed E-state index contributed by atoms with van der Waals surface area (Å²) in [5.74, 6) is 0.886. The van der Waals surface area contributed by atoms with Crippen LogP contribution in [0.15, 0.2) is 41.8 Å². The van der Waals surface area contributed by atoms with Gasteiger partial charge in [0.1, 0.15) is 11.9 Å². The molecule has 3 heteroatoms. The number of thiophene rings is 1. The molecule has 0 aliphatic rings. The highest BCUT2D eigenvalue weighted by molar-refractivity contribution is 7.10. The van der Waals surface area contributed by atoms with Crippen LogP contribution in [0.25, 0.3) is 0 Å². The third-order valence-electron chi connectivity index (χ3n) is 2.94. The van der Waals surface area contributed by atoms with Crippen molar-refractivity contribution in [2.75, 3.05) is 0 Å². The molecule has 0 saturated heterocycles. The molecule has 2 rings (SSSR count). The first kappa shape index (κ1) is 13.1. The van der Waals surface area contributed by atoms with Crippen LogP contribution in [0.5, 0.6) is 5.75 Å². The van der Waals surface area contributed by atoms with Gasteiger partial charge in [0.2, 0.25) is 0 Å². The first-order chi connectivity index (χ1) is 8.70. The van der Waals surface area contributed by atoms with E-state index in [1.54, 1.807) is 11.3 Å². The second-order valence-corrected chi connectivity index (χ2v) is 5.42. The summed E-state index contributed by atoms with van der Waals surface area (Å²) in [6, 6.07) is 12.2. The monoisotopic (exact) mass is 261 g/mol. The van der Waals surface area contributed by atoms with E-state index in [0.717, 1.165) is 12.2 Å². The van der Waals surface area contributed by atoms with E-state index in [4.69, 9.17) is 10.5 Å². The molecule has 2 aromatic rings. The quantitative estimate of drug-likeness (QED) is 0.885. The number of aryl methyl sites for hydroxylation is 1. The number of hydrogen-bond donors (Lipinski definition) is 1. The third kappa shape index (κ3) is 3.12. The molecule has 0 amide bonds. The molecule has 96 valence electrons. The first-order valence-corrected chi connectivity index (χ1v) is 7.11. The number of ether oxygens (including phenoxy) is 1. The van der Waals surface area contributed by atoms with Gasteiger partial charge in [-0.2, -0.15) is 0 Å². The maximum absolute atomic E-state index is 6.18. The molecule has 2 unspecified atom stereocenters. The van der Waals surface area contributed by atoms with Crippen LogP contribution in [0.1, 0.15) is 29.9 Å². The van der Waals surface area contributed by atoms with E-state index in [-0.39, 0.29) is 12.1 Å². The Labute approximate surface area is 112 Å². The molecular weight excluding hydrogens is 242 g/mol. The van der Waals surface area contributed by atoms with E-state index >= 15 is 0 Å². The predicted octanol–water partition coefficient (Wildman–Crippen LogP) is 3.91. The zero-order chi connectivity index (χ0) is 13.0. The van der Waals surface area contributed by atoms with Gasteiger partial charge in [-0.05, 0) is 42.5 Å². The highest BCUT2D eigenvalue weighted by Crippen LogP contribution is 2.28. The summed E-state index contributed by atoms with van der Waals surface area (Å²) in [4.78, 5) is 1.19. The second kappa shape index (κ2) is 6.03. The summed E-state index contributed by atoms with van der Waals surface area (Å²) in [6.45, 7) is 4.15. The van der Waals surface area contributed by atoms with E-state index < -0.39 is 0 Å². The minimum absolute atomic E-state index is 0.0177. The average Bonchev–Trinajstić information content (AvgIpc) is 2.89. The highest BCUT2D eigenvalue weighted by Gasteiger charge is 2.21. The van der Waals surface area contributed by atoms with Crippen LogP contribution in [0, 0.1) is 6.92 Å². The Morgan fingerprint density at radius 1 is 1.28 bits per heavy atom. The van der Waals surface area contributed by atoms with Gasteiger partial charge in [-0.1, -0.05) is 25.1 Å². The Balaban J connectivity index is 2.20. The van der Waals surface area contributed by atoms with Crippen molar-refractivity contribution in [3.8, 4) is 5.75 Å². The molecule has 1 heterocycles. The topological polar surface area (TPSA) is 35.2 Å². The van der Waals surface area contributed by atoms with Crippen LogP contribution in [0.3, 0.4) is 0 Å². The van der Waals surface area contributed by atoms with Crippen LogP contribution in [-0.2, 0) is 0 Å². The lowest BCUT2D eigenvalue weighted by Crippen LogP contribution is -2.30. The van der Waals surface area contributed by atoms with Crippen LogP contribution in [0.2, 0.25) is 0 Å². The van der Waals surface area contributed by atoms with Gasteiger partial charge in [0, 0.05) is 10.9 Å². The molecule has 1 aromatic carbocycles. The molecule has 2 nitrogen and oxygen atoms in total. The Morgan fingerprint density at radius 3 is 2.72 bits per heavy atom. The van der Waals surface area contributed by atoms with E-state index in [2.05, 4.69) is 31.4 Å². The first-order valence-electron chi connectivity index (χ1n) is 6.23. The number of hydrogen-bond acceptors (Lipinski definition) is 3. The van der Waals surface area contributed by atoms with Gasteiger partial charge in [-0.25, -0.2) is 0 Å². The van der Waals surface area contributed by atoms with E-state index in [1.807, 2.05) is 24.3 Å². The fourth-order valence-electron chi connectivity index (χ4n) is 1.86. The number of benzene rings is 1. The zero-order valence-electron chi connectivity index (χ0n) is 10.8. The summed E-state index contributed by atoms with van der Waals surface area (Å²) >= 11 is 1.69. The lowest BCUT2D eigenvalue weighted by molar-refractivity contribution is 0.174. The van der Waals surface area contributed by atoms with E-state index in [0.29, 0.717) is 0 Å². The smallest absolute Gasteiger partial charge is 0.148 e. The van der Waals surface area contributed by atoms with E-state index in [9.17, 15) is 0 Å². The van der Waals surface area contributed by atoms with Gasteiger partial charge in [0.25, 0.3) is 0 Å². The maximum atomic E-state index is 6.18. The Kier molecular flexibility index (Phi) is 4.39. The molecular formula is C15H19NOS. The maximum Gasteiger partial charge on any atom is 0.148 e. The Morgan fingerprint density at radius 2 is 2.11 bits per heavy atom. The lowest BCUT2D eigenvalue weighted by atomic mass is 10.1. The van der Waals surface area contributed by atoms with Crippen molar-refractivity contribution in [3.05, 3.63) is 52.2 Å². The van der Waals surface area contributed by atoms with Crippen LogP contribution < -0.4 is 10.5 Å². The number of nitrogens with two attached hydrogens (primary N) is 1. The molecule has 0 aliphatic carbocycles. The third-order valence-corrected chi connectivity index (χ3v) is 3.87. The summed E-state index contributed by atoms with van der Waals surface area (Å²) < 4.78 is 6.08. The van der Waals surface area contributed by atoms with Crippen molar-refractivity contribution in [2.45, 2.75) is 32.4 Å². The lowest BCUT2D eigenvalue weighted by Gasteiger charge is -2.23. The van der Waals surface area contributed by atoms with Gasteiger partial charge < -0.3 is 10.5 Å². The predicted molar refractivity (Wildman–Crippen MR) is 77.1 cm³/mol. The van der Waals surface area contributed by atoms with Crippen molar-refractivity contribution in [1.29, 1.82) is 0 Å². The van der Waals surface area contributed by atoms with Crippen molar-refractivity contribution >= 4 is 11.3 Å². The van der Waals surface area contributed by atoms with Gasteiger partial charge in [0.05, 0.1) is 0 Å². The summed E-state index contributed by atoms with van der Waals surface area (Å²) in [6.07, 6.45) is 0.839. The number of rotatable bonds is 5. The van der Waals surface area contributed by atoms with Gasteiger partial charge in [-0.15, -0.1) is 11.3 Å². The SMILES string of the molecule is CCC(N)C(Oc1cccc(C)c1)c1cccs1. The largest absolute Gasteiger partial charge is 0.483 e. The fraction of sp³-hybridized carbons (Fsp3) is 0.333. The molecule has 2 atom stereocenters. The fourth-order valence-corrected chi connectivity index (χ4v) is 2.69. The minimum Gasteiger partial charge on any atom is -0.483 e. The molecule has 0 aliphatic heterocycles. The van der Waals surface area contributed by atoms with Crippen molar-refractivity contribution < 1.29 is 4.74 Å². The second-order valence-electron chi connectivity index (χ2n) is 4.44. The summed E-state index contributed by atoms with van der Waals surface area (Å²) in [7, 11) is 0. The van der Waals surface area contributed by atoms with Gasteiger partial charge in [0.15, 0.2) is 0 Å². The minimum atomic E-state index is -0.0585. The molecule has 0 bridgehead atoms. The van der Waals surface area contributed by atoms with E-state index in [1.165, 1.54) is 10.4 Å².